The van der Waals surface area contributed by atoms with Gasteiger partial charge in [0.15, 0.2) is 6.10 Å². The minimum atomic E-state index is -1.02. The largest absolute Gasteiger partial charge is 0.451 e. The number of amides is 2. The Morgan fingerprint density at radius 2 is 1.65 bits per heavy atom. The van der Waals surface area contributed by atoms with E-state index in [1.807, 2.05) is 85.8 Å². The van der Waals surface area contributed by atoms with Gasteiger partial charge in [0.1, 0.15) is 6.61 Å². The summed E-state index contributed by atoms with van der Waals surface area (Å²) in [5.74, 6) is -0.854. The van der Waals surface area contributed by atoms with E-state index in [1.165, 1.54) is 23.6 Å². The molecule has 8 heteroatoms. The number of rotatable bonds is 7. The highest BCUT2D eigenvalue weighted by atomic mass is 32.2. The third kappa shape index (κ3) is 6.51. The van der Waals surface area contributed by atoms with Crippen LogP contribution in [0.3, 0.4) is 0 Å². The number of carbonyl (C=O) groups excluding carboxylic acids is 3. The van der Waals surface area contributed by atoms with Gasteiger partial charge in [-0.15, -0.1) is 11.8 Å². The molecule has 0 saturated heterocycles. The zero-order valence-electron chi connectivity index (χ0n) is 21.1. The predicted octanol–water partition coefficient (Wildman–Crippen LogP) is 5.38. The molecule has 7 nitrogen and oxygen atoms in total. The summed E-state index contributed by atoms with van der Waals surface area (Å²) >= 11 is 1.50. The maximum atomic E-state index is 13.9. The van der Waals surface area contributed by atoms with E-state index in [0.717, 1.165) is 27.3 Å². The molecule has 0 bridgehead atoms. The molecular weight excluding hydrogens is 488 g/mol. The van der Waals surface area contributed by atoms with Crippen molar-refractivity contribution in [2.45, 2.75) is 36.7 Å². The Labute approximate surface area is 221 Å². The number of likely N-dealkylation sites (N-methyl/N-ethyl adjacent to an activating group) is 1. The summed E-state index contributed by atoms with van der Waals surface area (Å²) in [6, 6.07) is 24.9. The normalized spacial score (nSPS) is 16.9. The fraction of sp³-hybridized carbons (Fsp3) is 0.276. The van der Waals surface area contributed by atoms with Crippen molar-refractivity contribution in [3.63, 3.8) is 0 Å². The number of esters is 1. The Morgan fingerprint density at radius 3 is 2.35 bits per heavy atom. The quantitative estimate of drug-likeness (QED) is 0.391. The third-order valence-corrected chi connectivity index (χ3v) is 7.44. The van der Waals surface area contributed by atoms with Gasteiger partial charge in [0.05, 0.1) is 10.9 Å². The average Bonchev–Trinajstić information content (AvgIpc) is 3.01. The van der Waals surface area contributed by atoms with E-state index < -0.39 is 23.4 Å². The molecule has 0 aromatic heterocycles. The van der Waals surface area contributed by atoms with Crippen molar-refractivity contribution >= 4 is 35.4 Å². The summed E-state index contributed by atoms with van der Waals surface area (Å²) in [5, 5.41) is -0.420. The smallest absolute Gasteiger partial charge is 0.409 e. The molecule has 0 aliphatic carbocycles. The van der Waals surface area contributed by atoms with Crippen LogP contribution in [-0.4, -0.2) is 49.1 Å². The number of benzene rings is 3. The van der Waals surface area contributed by atoms with Crippen LogP contribution < -0.4 is 4.90 Å². The van der Waals surface area contributed by atoms with E-state index in [2.05, 4.69) is 0 Å². The average molecular weight is 519 g/mol. The SMILES string of the molecule is CC(=O)O[C@@H]1C(=O)N(CCN(C)C(=O)OCc2ccccc2)c2ccccc2S[C@@H]1c1ccc(C)cc1. The number of para-hydroxylation sites is 1. The molecule has 2 atom stereocenters. The number of fused-ring (bicyclic) bond motifs is 1. The Balaban J connectivity index is 1.55. The van der Waals surface area contributed by atoms with E-state index in [-0.39, 0.29) is 25.6 Å². The van der Waals surface area contributed by atoms with Crippen LogP contribution in [-0.2, 0) is 25.7 Å². The van der Waals surface area contributed by atoms with Gasteiger partial charge >= 0.3 is 12.1 Å². The molecular formula is C29H30N2O5S. The summed E-state index contributed by atoms with van der Waals surface area (Å²) in [6.45, 7) is 3.92. The van der Waals surface area contributed by atoms with Gasteiger partial charge in [0.25, 0.3) is 5.91 Å². The Hall–Kier alpha value is -3.78. The van der Waals surface area contributed by atoms with Gasteiger partial charge in [-0.05, 0) is 30.2 Å². The lowest BCUT2D eigenvalue weighted by Crippen LogP contribution is -2.46. The molecule has 0 fully saturated rings. The fourth-order valence-corrected chi connectivity index (χ4v) is 5.39. The molecule has 0 N–H and O–H groups in total. The Bertz CT molecular complexity index is 1250. The van der Waals surface area contributed by atoms with Crippen LogP contribution in [0.5, 0.6) is 0 Å². The third-order valence-electron chi connectivity index (χ3n) is 6.07. The number of carbonyl (C=O) groups is 3. The zero-order valence-corrected chi connectivity index (χ0v) is 21.9. The summed E-state index contributed by atoms with van der Waals surface area (Å²) in [4.78, 5) is 42.5. The van der Waals surface area contributed by atoms with Crippen molar-refractivity contribution in [3.05, 3.63) is 95.6 Å². The molecule has 1 heterocycles. The first-order valence-corrected chi connectivity index (χ1v) is 12.9. The van der Waals surface area contributed by atoms with E-state index in [0.29, 0.717) is 0 Å². The van der Waals surface area contributed by atoms with Crippen LogP contribution >= 0.6 is 11.8 Å². The van der Waals surface area contributed by atoms with Crippen LogP contribution in [0.25, 0.3) is 0 Å². The number of hydrogen-bond donors (Lipinski definition) is 0. The van der Waals surface area contributed by atoms with Crippen LogP contribution in [0.1, 0.15) is 28.9 Å². The van der Waals surface area contributed by atoms with Crippen LogP contribution in [0.15, 0.2) is 83.8 Å². The van der Waals surface area contributed by atoms with Crippen LogP contribution in [0, 0.1) is 6.92 Å². The maximum absolute atomic E-state index is 13.9. The monoisotopic (exact) mass is 518 g/mol. The van der Waals surface area contributed by atoms with Crippen molar-refractivity contribution in [3.8, 4) is 0 Å². The molecule has 0 spiro atoms. The van der Waals surface area contributed by atoms with Crippen LogP contribution in [0.4, 0.5) is 10.5 Å². The number of aryl methyl sites for hydroxylation is 1. The highest BCUT2D eigenvalue weighted by molar-refractivity contribution is 7.99. The maximum Gasteiger partial charge on any atom is 0.409 e. The van der Waals surface area contributed by atoms with Crippen molar-refractivity contribution in [2.24, 2.45) is 0 Å². The van der Waals surface area contributed by atoms with E-state index in [1.54, 1.807) is 11.9 Å². The van der Waals surface area contributed by atoms with E-state index in [9.17, 15) is 14.4 Å². The molecule has 37 heavy (non-hydrogen) atoms. The summed E-state index contributed by atoms with van der Waals surface area (Å²) in [7, 11) is 1.63. The first-order valence-electron chi connectivity index (χ1n) is 12.1. The minimum absolute atomic E-state index is 0.166. The van der Waals surface area contributed by atoms with Crippen molar-refractivity contribution in [1.82, 2.24) is 4.90 Å². The standard InChI is InChI=1S/C29H30N2O5S/c1-20-13-15-23(16-14-20)27-26(36-21(2)32)28(33)31(24-11-7-8-12-25(24)37-27)18-17-30(3)29(34)35-19-22-9-5-4-6-10-22/h4-16,26-27H,17-19H2,1-3H3/t26-,27+/m0/s1. The Morgan fingerprint density at radius 1 is 0.973 bits per heavy atom. The first kappa shape index (κ1) is 26.3. The lowest BCUT2D eigenvalue weighted by Gasteiger charge is -2.29. The number of ether oxygens (including phenoxy) is 2. The summed E-state index contributed by atoms with van der Waals surface area (Å²) in [6.07, 6.45) is -1.50. The van der Waals surface area contributed by atoms with Crippen LogP contribution in [0.2, 0.25) is 0 Å². The second-order valence-electron chi connectivity index (χ2n) is 8.90. The topological polar surface area (TPSA) is 76.2 Å². The van der Waals surface area contributed by atoms with Crippen molar-refractivity contribution in [2.75, 3.05) is 25.0 Å². The molecule has 0 unspecified atom stereocenters. The van der Waals surface area contributed by atoms with Gasteiger partial charge in [0, 0.05) is 32.0 Å². The van der Waals surface area contributed by atoms with Crippen molar-refractivity contribution < 1.29 is 23.9 Å². The van der Waals surface area contributed by atoms with Gasteiger partial charge in [-0.3, -0.25) is 9.59 Å². The molecule has 4 rings (SSSR count). The molecule has 0 radical (unpaired) electrons. The zero-order chi connectivity index (χ0) is 26.4. The molecule has 3 aromatic rings. The van der Waals surface area contributed by atoms with Gasteiger partial charge in [-0.1, -0.05) is 72.3 Å². The highest BCUT2D eigenvalue weighted by Crippen LogP contribution is 2.46. The number of thioether (sulfide) groups is 1. The molecule has 2 amide bonds. The summed E-state index contributed by atoms with van der Waals surface area (Å²) < 4.78 is 11.0. The van der Waals surface area contributed by atoms with E-state index >= 15 is 0 Å². The van der Waals surface area contributed by atoms with Crippen molar-refractivity contribution in [1.29, 1.82) is 0 Å². The number of anilines is 1. The number of nitrogens with zero attached hydrogens (tertiary/aromatic N) is 2. The molecule has 1 aliphatic heterocycles. The lowest BCUT2D eigenvalue weighted by molar-refractivity contribution is -0.152. The second-order valence-corrected chi connectivity index (χ2v) is 10.1. The van der Waals surface area contributed by atoms with Gasteiger partial charge in [-0.2, -0.15) is 0 Å². The minimum Gasteiger partial charge on any atom is -0.451 e. The molecule has 1 aliphatic rings. The second kappa shape index (κ2) is 12.0. The van der Waals surface area contributed by atoms with Gasteiger partial charge in [-0.25, -0.2) is 4.79 Å². The fourth-order valence-electron chi connectivity index (χ4n) is 4.07. The summed E-state index contributed by atoms with van der Waals surface area (Å²) in [5.41, 5.74) is 3.61. The molecule has 0 saturated carbocycles. The van der Waals surface area contributed by atoms with Gasteiger partial charge < -0.3 is 19.3 Å². The molecule has 3 aromatic carbocycles. The molecule has 192 valence electrons. The highest BCUT2D eigenvalue weighted by Gasteiger charge is 2.40. The lowest BCUT2D eigenvalue weighted by atomic mass is 10.0. The van der Waals surface area contributed by atoms with E-state index in [4.69, 9.17) is 9.47 Å². The Kier molecular flexibility index (Phi) is 8.50. The van der Waals surface area contributed by atoms with Gasteiger partial charge in [0.2, 0.25) is 0 Å². The number of hydrogen-bond acceptors (Lipinski definition) is 6. The first-order chi connectivity index (χ1) is 17.8. The predicted molar refractivity (Wildman–Crippen MR) is 143 cm³/mol.